The number of aromatic nitrogens is 4. The Bertz CT molecular complexity index is 1840. The molecule has 1 fully saturated rings. The summed E-state index contributed by atoms with van der Waals surface area (Å²) in [6, 6.07) is 4.89. The van der Waals surface area contributed by atoms with Crippen LogP contribution in [0.5, 0.6) is 5.75 Å². The Kier molecular flexibility index (Phi) is 7.28. The minimum atomic E-state index is -4.94. The lowest BCUT2D eigenvalue weighted by Crippen LogP contribution is -2.54. The highest BCUT2D eigenvalue weighted by Gasteiger charge is 2.37. The second kappa shape index (κ2) is 10.6. The summed E-state index contributed by atoms with van der Waals surface area (Å²) in [5, 5.41) is 19.6. The van der Waals surface area contributed by atoms with Crippen molar-refractivity contribution >= 4 is 28.5 Å². The monoisotopic (exact) mass is 602 g/mol. The predicted octanol–water partition coefficient (Wildman–Crippen LogP) is 4.90. The van der Waals surface area contributed by atoms with E-state index in [1.165, 1.54) is 19.1 Å². The zero-order valence-corrected chi connectivity index (χ0v) is 22.7. The molecular formula is C28H23F5N6O4. The molecule has 1 saturated heterocycles. The summed E-state index contributed by atoms with van der Waals surface area (Å²) in [6.45, 7) is 6.24. The van der Waals surface area contributed by atoms with Crippen molar-refractivity contribution in [1.29, 1.82) is 0 Å². The van der Waals surface area contributed by atoms with Gasteiger partial charge in [0.25, 0.3) is 0 Å². The zero-order chi connectivity index (χ0) is 31.4. The number of phenols is 1. The largest absolute Gasteiger partial charge is 0.507 e. The van der Waals surface area contributed by atoms with Crippen LogP contribution < -0.4 is 10.6 Å². The highest BCUT2D eigenvalue weighted by Crippen LogP contribution is 2.38. The van der Waals surface area contributed by atoms with Crippen molar-refractivity contribution in [2.75, 3.05) is 24.5 Å². The maximum absolute atomic E-state index is 15.7. The molecule has 1 atom stereocenters. The van der Waals surface area contributed by atoms with Crippen molar-refractivity contribution in [1.82, 2.24) is 24.4 Å². The number of amides is 1. The summed E-state index contributed by atoms with van der Waals surface area (Å²) in [5.74, 6) is -2.95. The number of piperazine rings is 1. The van der Waals surface area contributed by atoms with Crippen molar-refractivity contribution < 1.29 is 37.0 Å². The van der Waals surface area contributed by atoms with Crippen LogP contribution in [0.4, 0.5) is 32.6 Å². The summed E-state index contributed by atoms with van der Waals surface area (Å²) in [5.41, 5.74) is -5.21. The average Bonchev–Trinajstić information content (AvgIpc) is 2.92. The number of hydrogen-bond donors (Lipinski definition) is 2. The lowest BCUT2D eigenvalue weighted by Gasteiger charge is -2.39. The molecule has 1 aliphatic heterocycles. The van der Waals surface area contributed by atoms with E-state index >= 15 is 4.39 Å². The molecule has 0 bridgehead atoms. The van der Waals surface area contributed by atoms with Gasteiger partial charge in [-0.3, -0.25) is 4.98 Å². The Morgan fingerprint density at radius 1 is 1.12 bits per heavy atom. The van der Waals surface area contributed by atoms with Crippen LogP contribution in [0.15, 0.2) is 47.9 Å². The number of aryl methyl sites for hydroxylation is 1. The molecule has 10 nitrogen and oxygen atoms in total. The zero-order valence-electron chi connectivity index (χ0n) is 22.7. The lowest BCUT2D eigenvalue weighted by molar-refractivity contribution is -0.0689. The molecule has 1 aromatic carbocycles. The van der Waals surface area contributed by atoms with Crippen molar-refractivity contribution in [3.05, 3.63) is 76.5 Å². The number of aromatic hydroxyl groups is 1. The number of hydrogen-bond acceptors (Lipinski definition) is 7. The third-order valence-electron chi connectivity index (χ3n) is 7.18. The summed E-state index contributed by atoms with van der Waals surface area (Å²) < 4.78 is 72.7. The van der Waals surface area contributed by atoms with E-state index in [0.717, 1.165) is 29.3 Å². The molecule has 1 aliphatic rings. The van der Waals surface area contributed by atoms with Gasteiger partial charge < -0.3 is 20.0 Å². The molecule has 2 N–H and O–H groups in total. The number of anilines is 1. The second-order valence-electron chi connectivity index (χ2n) is 9.95. The van der Waals surface area contributed by atoms with Crippen LogP contribution in [-0.4, -0.2) is 72.6 Å². The van der Waals surface area contributed by atoms with E-state index in [-0.39, 0.29) is 42.1 Å². The number of alkyl halides is 3. The molecule has 15 heteroatoms. The first-order chi connectivity index (χ1) is 20.2. The van der Waals surface area contributed by atoms with E-state index in [1.54, 1.807) is 11.8 Å². The Morgan fingerprint density at radius 2 is 1.84 bits per heavy atom. The average molecular weight is 603 g/mol. The number of carbonyl (C=O) groups is 1. The fraction of sp³-hybridized carbons (Fsp3) is 0.250. The third kappa shape index (κ3) is 5.10. The van der Waals surface area contributed by atoms with E-state index in [9.17, 15) is 37.4 Å². The van der Waals surface area contributed by atoms with Gasteiger partial charge in [0.15, 0.2) is 11.5 Å². The van der Waals surface area contributed by atoms with Crippen molar-refractivity contribution in [3.8, 4) is 22.7 Å². The van der Waals surface area contributed by atoms with Gasteiger partial charge >= 0.3 is 18.0 Å². The number of carboxylic acid groups (broad SMARTS) is 1. The molecular weight excluding hydrogens is 579 g/mol. The van der Waals surface area contributed by atoms with Crippen LogP contribution in [0.3, 0.4) is 0 Å². The van der Waals surface area contributed by atoms with Gasteiger partial charge in [-0.05, 0) is 43.7 Å². The van der Waals surface area contributed by atoms with Gasteiger partial charge in [0.2, 0.25) is 0 Å². The number of halogens is 5. The van der Waals surface area contributed by atoms with Gasteiger partial charge in [-0.2, -0.15) is 18.2 Å². The quantitative estimate of drug-likeness (QED) is 0.316. The van der Waals surface area contributed by atoms with Crippen molar-refractivity contribution in [3.63, 3.8) is 0 Å². The first kappa shape index (κ1) is 29.4. The van der Waals surface area contributed by atoms with Gasteiger partial charge in [0.05, 0.1) is 27.9 Å². The molecule has 224 valence electrons. The summed E-state index contributed by atoms with van der Waals surface area (Å²) in [6.07, 6.45) is -5.00. The fourth-order valence-corrected chi connectivity index (χ4v) is 5.08. The molecule has 4 heterocycles. The molecule has 0 saturated carbocycles. The van der Waals surface area contributed by atoms with Gasteiger partial charge in [-0.15, -0.1) is 0 Å². The van der Waals surface area contributed by atoms with Crippen LogP contribution in [0, 0.1) is 18.6 Å². The normalized spacial score (nSPS) is 15.7. The lowest BCUT2D eigenvalue weighted by atomic mass is 10.1. The van der Waals surface area contributed by atoms with E-state index in [0.29, 0.717) is 4.57 Å². The molecule has 0 unspecified atom stereocenters. The first-order valence-corrected chi connectivity index (χ1v) is 12.8. The second-order valence-corrected chi connectivity index (χ2v) is 9.95. The van der Waals surface area contributed by atoms with E-state index in [1.807, 2.05) is 0 Å². The molecule has 5 rings (SSSR count). The topological polar surface area (TPSA) is 125 Å². The predicted molar refractivity (Wildman–Crippen MR) is 146 cm³/mol. The Labute approximate surface area is 240 Å². The van der Waals surface area contributed by atoms with Gasteiger partial charge in [0, 0.05) is 31.9 Å². The first-order valence-electron chi connectivity index (χ1n) is 12.8. The standard InChI is InChI=1S/C28H23F5N6O4/c1-13-7-8-34-21(15(3)28(31,32)33)23(13)39-25-16(11-18(30)22(35-25)20-17(29)5-4-6-19(20)40)24(36-26(39)41)38-10-9-37(27(42)43)12-14(38)2/h4-8,11,14,40H,3,9-10,12H2,1-2H3,(H,42,43)/t14-/m0/s1. The van der Waals surface area contributed by atoms with Gasteiger partial charge in [-0.1, -0.05) is 12.6 Å². The molecule has 0 aliphatic carbocycles. The van der Waals surface area contributed by atoms with Crippen molar-refractivity contribution in [2.45, 2.75) is 26.1 Å². The SMILES string of the molecule is C=C(c1nccc(C)c1-n1c(=O)nc(N2CCN(C(=O)O)C[C@@H]2C)c2cc(F)c(-c3c(O)cccc3F)nc21)C(F)(F)F. The van der Waals surface area contributed by atoms with Crippen LogP contribution >= 0.6 is 0 Å². The smallest absolute Gasteiger partial charge is 0.417 e. The Balaban J connectivity index is 1.87. The van der Waals surface area contributed by atoms with Gasteiger partial charge in [-0.25, -0.2) is 27.9 Å². The molecule has 4 aromatic rings. The number of fused-ring (bicyclic) bond motifs is 1. The number of benzene rings is 1. The summed E-state index contributed by atoms with van der Waals surface area (Å²) in [7, 11) is 0. The summed E-state index contributed by atoms with van der Waals surface area (Å²) in [4.78, 5) is 40.1. The number of pyridine rings is 2. The maximum atomic E-state index is 15.7. The Morgan fingerprint density at radius 3 is 2.47 bits per heavy atom. The highest BCUT2D eigenvalue weighted by molar-refractivity contribution is 5.91. The molecule has 43 heavy (non-hydrogen) atoms. The number of nitrogens with zero attached hydrogens (tertiary/aromatic N) is 6. The Hall–Kier alpha value is -5.08. The van der Waals surface area contributed by atoms with E-state index in [2.05, 4.69) is 21.5 Å². The fourth-order valence-electron chi connectivity index (χ4n) is 5.08. The third-order valence-corrected chi connectivity index (χ3v) is 7.18. The number of phenolic OH excluding ortho intramolecular Hbond substituents is 1. The molecule has 0 radical (unpaired) electrons. The molecule has 0 spiro atoms. The summed E-state index contributed by atoms with van der Waals surface area (Å²) >= 11 is 0. The van der Waals surface area contributed by atoms with Crippen LogP contribution in [0.2, 0.25) is 0 Å². The van der Waals surface area contributed by atoms with E-state index < -0.39 is 69.6 Å². The minimum absolute atomic E-state index is 0.00987. The number of rotatable bonds is 4. The number of allylic oxidation sites excluding steroid dienone is 1. The van der Waals surface area contributed by atoms with Crippen LogP contribution in [0.25, 0.3) is 33.6 Å². The van der Waals surface area contributed by atoms with Crippen molar-refractivity contribution in [2.24, 2.45) is 0 Å². The van der Waals surface area contributed by atoms with E-state index in [4.69, 9.17) is 0 Å². The molecule has 1 amide bonds. The maximum Gasteiger partial charge on any atom is 0.417 e. The van der Waals surface area contributed by atoms with Crippen LogP contribution in [-0.2, 0) is 0 Å². The van der Waals surface area contributed by atoms with Crippen LogP contribution in [0.1, 0.15) is 18.2 Å². The highest BCUT2D eigenvalue weighted by atomic mass is 19.4. The molecule has 3 aromatic heterocycles. The van der Waals surface area contributed by atoms with Gasteiger partial charge in [0.1, 0.15) is 23.1 Å². The minimum Gasteiger partial charge on any atom is -0.507 e.